The number of carboxylic acids is 2. The van der Waals surface area contributed by atoms with Crippen molar-refractivity contribution < 1.29 is 60.1 Å². The molecule has 3 aliphatic rings. The van der Waals surface area contributed by atoms with Crippen LogP contribution in [0.5, 0.6) is 0 Å². The molecule has 2 N–H and O–H groups in total. The van der Waals surface area contributed by atoms with E-state index in [0.29, 0.717) is 5.91 Å². The summed E-state index contributed by atoms with van der Waals surface area (Å²) in [4.78, 5) is 38.3. The second-order valence-electron chi connectivity index (χ2n) is 10.6. The minimum Gasteiger partial charge on any atom is -0.475 e. The van der Waals surface area contributed by atoms with Gasteiger partial charge in [-0.3, -0.25) is 14.6 Å². The molecule has 16 heteroatoms. The Balaban J connectivity index is 0.000000367. The Morgan fingerprint density at radius 2 is 1.50 bits per heavy atom. The van der Waals surface area contributed by atoms with E-state index in [1.807, 2.05) is 13.0 Å². The number of aliphatic carboxylic acids is 2. The van der Waals surface area contributed by atoms with Crippen LogP contribution in [0.2, 0.25) is 0 Å². The number of rotatable bonds is 6. The third kappa shape index (κ3) is 8.60. The van der Waals surface area contributed by atoms with Crippen molar-refractivity contribution >= 4 is 17.8 Å². The third-order valence-corrected chi connectivity index (χ3v) is 8.01. The van der Waals surface area contributed by atoms with Gasteiger partial charge < -0.3 is 24.3 Å². The first-order valence-electron chi connectivity index (χ1n) is 13.3. The summed E-state index contributed by atoms with van der Waals surface area (Å²) in [6.45, 7) is 12.4. The Morgan fingerprint density at radius 1 is 0.952 bits per heavy atom. The zero-order chi connectivity index (χ0) is 31.9. The second-order valence-corrected chi connectivity index (χ2v) is 10.6. The summed E-state index contributed by atoms with van der Waals surface area (Å²) >= 11 is 0. The molecule has 1 amide bonds. The Morgan fingerprint density at radius 3 is 1.90 bits per heavy atom. The predicted octanol–water partition coefficient (Wildman–Crippen LogP) is 3.64. The first kappa shape index (κ1) is 35.3. The van der Waals surface area contributed by atoms with E-state index in [4.69, 9.17) is 29.0 Å². The molecule has 4 rings (SSSR count). The highest BCUT2D eigenvalue weighted by atomic mass is 19.4. The zero-order valence-corrected chi connectivity index (χ0v) is 23.7. The van der Waals surface area contributed by atoms with Gasteiger partial charge in [0.25, 0.3) is 0 Å². The number of hydrogen-bond acceptors (Lipinski definition) is 7. The quantitative estimate of drug-likeness (QED) is 0.461. The molecule has 1 aromatic heterocycles. The lowest BCUT2D eigenvalue weighted by Gasteiger charge is -2.47. The number of amides is 1. The number of carboxylic acid groups (broad SMARTS) is 2. The minimum absolute atomic E-state index is 0.108. The topological polar surface area (TPSA) is 124 Å². The summed E-state index contributed by atoms with van der Waals surface area (Å²) in [5.74, 6) is -3.08. The summed E-state index contributed by atoms with van der Waals surface area (Å²) in [7, 11) is 1.76. The minimum atomic E-state index is -5.08. The van der Waals surface area contributed by atoms with Gasteiger partial charge in [-0.1, -0.05) is 0 Å². The van der Waals surface area contributed by atoms with Crippen molar-refractivity contribution in [1.82, 2.24) is 14.7 Å². The molecule has 1 unspecified atom stereocenters. The lowest BCUT2D eigenvalue weighted by molar-refractivity contribution is -0.193. The molecule has 10 nitrogen and oxygen atoms in total. The lowest BCUT2D eigenvalue weighted by Crippen LogP contribution is -2.52. The summed E-state index contributed by atoms with van der Waals surface area (Å²) in [5.41, 5.74) is -0.0819. The summed E-state index contributed by atoms with van der Waals surface area (Å²) in [6, 6.07) is 4.12. The lowest BCUT2D eigenvalue weighted by atomic mass is 9.60. The van der Waals surface area contributed by atoms with Gasteiger partial charge in [-0.25, -0.2) is 9.59 Å². The number of hydrogen-bond donors (Lipinski definition) is 2. The Kier molecular flexibility index (Phi) is 11.9. The van der Waals surface area contributed by atoms with E-state index in [1.54, 1.807) is 7.11 Å². The maximum Gasteiger partial charge on any atom is 0.490 e. The number of alkyl halides is 6. The summed E-state index contributed by atoms with van der Waals surface area (Å²) in [5, 5.41) is 14.2. The normalized spacial score (nSPS) is 22.6. The molecule has 2 spiro atoms. The molecule has 0 radical (unpaired) electrons. The fraction of sp³-hybridized carbons (Fsp3) is 0.731. The van der Waals surface area contributed by atoms with E-state index in [0.717, 1.165) is 89.7 Å². The van der Waals surface area contributed by atoms with Gasteiger partial charge in [0.15, 0.2) is 0 Å². The maximum atomic E-state index is 13.5. The van der Waals surface area contributed by atoms with Gasteiger partial charge in [0.1, 0.15) is 11.5 Å². The molecule has 3 saturated heterocycles. The molecule has 42 heavy (non-hydrogen) atoms. The average molecular weight is 618 g/mol. The van der Waals surface area contributed by atoms with Crippen LogP contribution in [0.3, 0.4) is 0 Å². The Bertz CT molecular complexity index is 1050. The van der Waals surface area contributed by atoms with Crippen molar-refractivity contribution in [2.24, 2.45) is 10.8 Å². The smallest absolute Gasteiger partial charge is 0.475 e. The van der Waals surface area contributed by atoms with Crippen LogP contribution in [0, 0.1) is 17.8 Å². The van der Waals surface area contributed by atoms with Crippen molar-refractivity contribution in [3.8, 4) is 0 Å². The molecule has 4 heterocycles. The number of likely N-dealkylation sites (tertiary alicyclic amines) is 3. The van der Waals surface area contributed by atoms with E-state index in [9.17, 15) is 31.1 Å². The number of piperidine rings is 1. The SMILES string of the molecule is CCN1CCC2(CN(CCOC)CC23CCN(Cc2ccc(C)o2)CC3)C1=O.O=C(O)C(F)(F)F.O=C(O)C(F)(F)F. The highest BCUT2D eigenvalue weighted by Crippen LogP contribution is 2.57. The molecule has 0 saturated carbocycles. The highest BCUT2D eigenvalue weighted by molar-refractivity contribution is 5.86. The van der Waals surface area contributed by atoms with Crippen LogP contribution in [0.15, 0.2) is 16.5 Å². The number of aryl methyl sites for hydroxylation is 1. The number of fused-ring (bicyclic) bond motifs is 1. The fourth-order valence-electron chi connectivity index (χ4n) is 5.91. The van der Waals surface area contributed by atoms with E-state index in [-0.39, 0.29) is 10.8 Å². The third-order valence-electron chi connectivity index (χ3n) is 8.01. The maximum absolute atomic E-state index is 13.5. The van der Waals surface area contributed by atoms with Gasteiger partial charge in [0.2, 0.25) is 5.91 Å². The molecular weight excluding hydrogens is 580 g/mol. The molecule has 0 aliphatic carbocycles. The molecule has 3 aliphatic heterocycles. The summed E-state index contributed by atoms with van der Waals surface area (Å²) in [6.07, 6.45) is -6.96. The average Bonchev–Trinajstić information content (AvgIpc) is 3.55. The standard InChI is InChI=1S/C22H35N3O3.2C2HF3O2/c1-4-25-12-9-22(20(25)26)17-24(13-14-27-3)16-21(22)7-10-23(11-8-21)15-19-6-5-18(2)28-19;2*3-2(4,5)1(6)7/h5-6H,4,7-17H2,1-3H3;2*(H,6,7). The van der Waals surface area contributed by atoms with Crippen LogP contribution < -0.4 is 0 Å². The molecule has 0 aromatic carbocycles. The van der Waals surface area contributed by atoms with Gasteiger partial charge in [0.05, 0.1) is 18.6 Å². The predicted molar refractivity (Wildman–Crippen MR) is 135 cm³/mol. The van der Waals surface area contributed by atoms with Gasteiger partial charge >= 0.3 is 24.3 Å². The van der Waals surface area contributed by atoms with Crippen LogP contribution in [0.1, 0.15) is 37.7 Å². The number of furan rings is 1. The van der Waals surface area contributed by atoms with Crippen LogP contribution in [0.25, 0.3) is 0 Å². The first-order valence-corrected chi connectivity index (χ1v) is 13.3. The van der Waals surface area contributed by atoms with Gasteiger partial charge in [-0.15, -0.1) is 0 Å². The Hall–Kier alpha value is -2.85. The monoisotopic (exact) mass is 617 g/mol. The number of halogens is 6. The molecule has 1 aromatic rings. The van der Waals surface area contributed by atoms with Crippen LogP contribution in [-0.4, -0.2) is 115 Å². The molecular formula is C26H37F6N3O7. The van der Waals surface area contributed by atoms with E-state index in [1.165, 1.54) is 0 Å². The fourth-order valence-corrected chi connectivity index (χ4v) is 5.91. The Labute approximate surface area is 239 Å². The van der Waals surface area contributed by atoms with Gasteiger partial charge in [-0.2, -0.15) is 26.3 Å². The molecule has 3 fully saturated rings. The van der Waals surface area contributed by atoms with Crippen molar-refractivity contribution in [2.45, 2.75) is 52.0 Å². The van der Waals surface area contributed by atoms with Gasteiger partial charge in [-0.05, 0) is 58.3 Å². The number of nitrogens with zero attached hydrogens (tertiary/aromatic N) is 3. The van der Waals surface area contributed by atoms with Gasteiger partial charge in [0, 0.05) is 45.2 Å². The summed E-state index contributed by atoms with van der Waals surface area (Å²) < 4.78 is 74.6. The van der Waals surface area contributed by atoms with Crippen LogP contribution >= 0.6 is 0 Å². The van der Waals surface area contributed by atoms with E-state index < -0.39 is 24.3 Å². The number of carbonyl (C=O) groups excluding carboxylic acids is 1. The molecule has 1 atom stereocenters. The largest absolute Gasteiger partial charge is 0.490 e. The molecule has 240 valence electrons. The number of methoxy groups -OCH3 is 1. The number of ether oxygens (including phenoxy) is 1. The highest BCUT2D eigenvalue weighted by Gasteiger charge is 2.64. The van der Waals surface area contributed by atoms with Crippen LogP contribution in [-0.2, 0) is 25.7 Å². The van der Waals surface area contributed by atoms with Crippen molar-refractivity contribution in [1.29, 1.82) is 0 Å². The number of carbonyl (C=O) groups is 3. The zero-order valence-electron chi connectivity index (χ0n) is 23.7. The van der Waals surface area contributed by atoms with Crippen molar-refractivity contribution in [3.63, 3.8) is 0 Å². The van der Waals surface area contributed by atoms with Crippen LogP contribution in [0.4, 0.5) is 26.3 Å². The second kappa shape index (κ2) is 14.1. The van der Waals surface area contributed by atoms with Crippen molar-refractivity contribution in [3.05, 3.63) is 23.7 Å². The van der Waals surface area contributed by atoms with Crippen molar-refractivity contribution in [2.75, 3.05) is 59.5 Å². The van der Waals surface area contributed by atoms with E-state index in [2.05, 4.69) is 27.7 Å². The first-order chi connectivity index (χ1) is 19.4. The molecule has 0 bridgehead atoms. The van der Waals surface area contributed by atoms with E-state index >= 15 is 0 Å².